The standard InChI is InChI=1S/C23H24N2.ClH/c1-15-9-10-21-20(13-15)19-11-12-24-22(23(19)25-21)14-17-7-4-6-16-5-2-3-8-18(16)17;/h2-10,13,19,22-25H,11-12,14H2,1H3;1H. The Hall–Kier alpha value is -2.03. The molecule has 26 heavy (non-hydrogen) atoms. The van der Waals surface area contributed by atoms with E-state index in [9.17, 15) is 0 Å². The van der Waals surface area contributed by atoms with Crippen LogP contribution in [0.25, 0.3) is 10.8 Å². The molecule has 0 aliphatic carbocycles. The van der Waals surface area contributed by atoms with E-state index in [1.54, 1.807) is 0 Å². The second-order valence-corrected chi connectivity index (χ2v) is 7.56. The van der Waals surface area contributed by atoms with Crippen LogP contribution in [0.3, 0.4) is 0 Å². The Labute approximate surface area is 161 Å². The molecule has 2 nitrogen and oxygen atoms in total. The van der Waals surface area contributed by atoms with Crippen molar-refractivity contribution in [3.63, 3.8) is 0 Å². The number of hydrogen-bond donors (Lipinski definition) is 2. The van der Waals surface area contributed by atoms with E-state index in [2.05, 4.69) is 78.2 Å². The molecule has 3 atom stereocenters. The first-order valence-electron chi connectivity index (χ1n) is 9.37. The highest BCUT2D eigenvalue weighted by atomic mass is 35.5. The van der Waals surface area contributed by atoms with Crippen LogP contribution in [0, 0.1) is 6.92 Å². The summed E-state index contributed by atoms with van der Waals surface area (Å²) in [5.74, 6) is 0.635. The van der Waals surface area contributed by atoms with Gasteiger partial charge in [-0.15, -0.1) is 12.4 Å². The van der Waals surface area contributed by atoms with Gasteiger partial charge in [0, 0.05) is 23.7 Å². The van der Waals surface area contributed by atoms with E-state index < -0.39 is 0 Å². The molecule has 3 heteroatoms. The summed E-state index contributed by atoms with van der Waals surface area (Å²) in [5, 5.41) is 10.3. The molecular weight excluding hydrogens is 340 g/mol. The summed E-state index contributed by atoms with van der Waals surface area (Å²) in [4.78, 5) is 0. The first kappa shape index (κ1) is 17.4. The summed E-state index contributed by atoms with van der Waals surface area (Å²) in [7, 11) is 0. The fourth-order valence-corrected chi connectivity index (χ4v) is 4.77. The van der Waals surface area contributed by atoms with Gasteiger partial charge in [-0.05, 0) is 54.3 Å². The van der Waals surface area contributed by atoms with Crippen LogP contribution in [0.4, 0.5) is 5.69 Å². The lowest BCUT2D eigenvalue weighted by Gasteiger charge is -2.35. The van der Waals surface area contributed by atoms with Gasteiger partial charge in [0.2, 0.25) is 0 Å². The number of piperidine rings is 1. The quantitative estimate of drug-likeness (QED) is 0.664. The third kappa shape index (κ3) is 2.87. The van der Waals surface area contributed by atoms with Gasteiger partial charge in [-0.1, -0.05) is 60.2 Å². The fourth-order valence-electron chi connectivity index (χ4n) is 4.77. The molecule has 3 unspecified atom stereocenters. The zero-order valence-electron chi connectivity index (χ0n) is 15.0. The van der Waals surface area contributed by atoms with Gasteiger partial charge in [0.15, 0.2) is 0 Å². The maximum atomic E-state index is 3.82. The van der Waals surface area contributed by atoms with E-state index in [4.69, 9.17) is 0 Å². The first-order valence-corrected chi connectivity index (χ1v) is 9.37. The minimum Gasteiger partial charge on any atom is -0.380 e. The van der Waals surface area contributed by atoms with Crippen molar-refractivity contribution >= 4 is 28.9 Å². The van der Waals surface area contributed by atoms with Crippen LogP contribution in [0.15, 0.2) is 60.7 Å². The molecule has 3 aromatic rings. The van der Waals surface area contributed by atoms with Crippen LogP contribution in [0.5, 0.6) is 0 Å². The van der Waals surface area contributed by atoms with Crippen LogP contribution in [-0.4, -0.2) is 18.6 Å². The minimum absolute atomic E-state index is 0. The van der Waals surface area contributed by atoms with E-state index in [-0.39, 0.29) is 12.4 Å². The summed E-state index contributed by atoms with van der Waals surface area (Å²) >= 11 is 0. The highest BCUT2D eigenvalue weighted by Gasteiger charge is 2.39. The van der Waals surface area contributed by atoms with E-state index in [1.807, 2.05) is 0 Å². The fraction of sp³-hybridized carbons (Fsp3) is 0.304. The molecule has 1 fully saturated rings. The Kier molecular flexibility index (Phi) is 4.64. The third-order valence-electron chi connectivity index (χ3n) is 5.98. The molecule has 2 aliphatic heterocycles. The maximum absolute atomic E-state index is 3.82. The number of aryl methyl sites for hydroxylation is 1. The predicted molar refractivity (Wildman–Crippen MR) is 113 cm³/mol. The second kappa shape index (κ2) is 6.94. The Morgan fingerprint density at radius 3 is 2.77 bits per heavy atom. The smallest absolute Gasteiger partial charge is 0.0487 e. The molecule has 0 radical (unpaired) electrons. The van der Waals surface area contributed by atoms with Crippen molar-refractivity contribution in [2.75, 3.05) is 11.9 Å². The lowest BCUT2D eigenvalue weighted by atomic mass is 9.82. The van der Waals surface area contributed by atoms with E-state index in [0.717, 1.165) is 13.0 Å². The average Bonchev–Trinajstić information content (AvgIpc) is 3.01. The van der Waals surface area contributed by atoms with Gasteiger partial charge in [-0.3, -0.25) is 0 Å². The molecular formula is C23H25ClN2. The van der Waals surface area contributed by atoms with Crippen LogP contribution in [-0.2, 0) is 6.42 Å². The van der Waals surface area contributed by atoms with Crippen LogP contribution in [0.2, 0.25) is 0 Å². The molecule has 2 heterocycles. The summed E-state index contributed by atoms with van der Waals surface area (Å²) in [6.45, 7) is 3.30. The van der Waals surface area contributed by atoms with Crippen molar-refractivity contribution in [2.45, 2.75) is 37.8 Å². The first-order chi connectivity index (χ1) is 12.3. The molecule has 0 bridgehead atoms. The number of nitrogens with one attached hydrogen (secondary N) is 2. The van der Waals surface area contributed by atoms with Crippen molar-refractivity contribution < 1.29 is 0 Å². The number of hydrogen-bond acceptors (Lipinski definition) is 2. The Morgan fingerprint density at radius 1 is 1.00 bits per heavy atom. The second-order valence-electron chi connectivity index (χ2n) is 7.56. The van der Waals surface area contributed by atoms with Gasteiger partial charge < -0.3 is 10.6 Å². The van der Waals surface area contributed by atoms with Gasteiger partial charge >= 0.3 is 0 Å². The zero-order valence-corrected chi connectivity index (χ0v) is 15.9. The summed E-state index contributed by atoms with van der Waals surface area (Å²) in [6, 6.07) is 23.3. The topological polar surface area (TPSA) is 24.1 Å². The van der Waals surface area contributed by atoms with E-state index in [0.29, 0.717) is 18.0 Å². The third-order valence-corrected chi connectivity index (χ3v) is 5.98. The molecule has 0 amide bonds. The number of anilines is 1. The van der Waals surface area contributed by atoms with Crippen molar-refractivity contribution in [3.8, 4) is 0 Å². The summed E-state index contributed by atoms with van der Waals surface area (Å²) < 4.78 is 0. The number of halogens is 1. The Bertz CT molecular complexity index is 931. The van der Waals surface area contributed by atoms with Crippen LogP contribution < -0.4 is 10.6 Å². The lowest BCUT2D eigenvalue weighted by Crippen LogP contribution is -2.51. The molecule has 5 rings (SSSR count). The molecule has 0 saturated carbocycles. The van der Waals surface area contributed by atoms with Crippen molar-refractivity contribution in [1.29, 1.82) is 0 Å². The van der Waals surface area contributed by atoms with Crippen LogP contribution in [0.1, 0.15) is 29.0 Å². The monoisotopic (exact) mass is 364 g/mol. The maximum Gasteiger partial charge on any atom is 0.0487 e. The number of rotatable bonds is 2. The molecule has 2 aliphatic rings. The van der Waals surface area contributed by atoms with Crippen molar-refractivity contribution in [1.82, 2.24) is 5.32 Å². The molecule has 1 saturated heterocycles. The highest BCUT2D eigenvalue weighted by molar-refractivity contribution is 5.86. The lowest BCUT2D eigenvalue weighted by molar-refractivity contribution is 0.340. The molecule has 3 aromatic carbocycles. The van der Waals surface area contributed by atoms with E-state index in [1.165, 1.54) is 39.6 Å². The SMILES string of the molecule is Cc1ccc2c(c1)C1CCNC(Cc3cccc4ccccc34)C1N2.Cl. The molecule has 134 valence electrons. The van der Waals surface area contributed by atoms with E-state index >= 15 is 0 Å². The normalized spacial score (nSPS) is 23.7. The van der Waals surface area contributed by atoms with Crippen molar-refractivity contribution in [3.05, 3.63) is 77.4 Å². The number of benzene rings is 3. The summed E-state index contributed by atoms with van der Waals surface area (Å²) in [5.41, 5.74) is 5.68. The minimum atomic E-state index is 0. The highest BCUT2D eigenvalue weighted by Crippen LogP contribution is 2.42. The molecule has 0 aromatic heterocycles. The average molecular weight is 365 g/mol. The van der Waals surface area contributed by atoms with Crippen molar-refractivity contribution in [2.24, 2.45) is 0 Å². The van der Waals surface area contributed by atoms with Gasteiger partial charge in [0.1, 0.15) is 0 Å². The molecule has 2 N–H and O–H groups in total. The van der Waals surface area contributed by atoms with Gasteiger partial charge in [-0.25, -0.2) is 0 Å². The van der Waals surface area contributed by atoms with Gasteiger partial charge in [0.25, 0.3) is 0 Å². The number of fused-ring (bicyclic) bond motifs is 4. The van der Waals surface area contributed by atoms with Gasteiger partial charge in [-0.2, -0.15) is 0 Å². The predicted octanol–water partition coefficient (Wildman–Crippen LogP) is 5.05. The largest absolute Gasteiger partial charge is 0.380 e. The summed E-state index contributed by atoms with van der Waals surface area (Å²) in [6.07, 6.45) is 2.29. The Morgan fingerprint density at radius 2 is 1.85 bits per heavy atom. The zero-order chi connectivity index (χ0) is 16.8. The Balaban J connectivity index is 0.00000168. The molecule has 0 spiro atoms. The van der Waals surface area contributed by atoms with Gasteiger partial charge in [0.05, 0.1) is 0 Å². The van der Waals surface area contributed by atoms with Crippen LogP contribution >= 0.6 is 12.4 Å².